The molecule has 0 aliphatic carbocycles. The molecule has 1 fully saturated rings. The smallest absolute Gasteiger partial charge is 0.206 e. The zero-order valence-corrected chi connectivity index (χ0v) is 21.3. The van der Waals surface area contributed by atoms with E-state index in [4.69, 9.17) is 20.4 Å². The summed E-state index contributed by atoms with van der Waals surface area (Å²) in [6.07, 6.45) is 1.75. The van der Waals surface area contributed by atoms with Crippen LogP contribution in [-0.4, -0.2) is 57.8 Å². The van der Waals surface area contributed by atoms with Crippen LogP contribution in [0.5, 0.6) is 0 Å². The summed E-state index contributed by atoms with van der Waals surface area (Å²) in [6, 6.07) is 14.7. The summed E-state index contributed by atoms with van der Waals surface area (Å²) in [5.74, 6) is 1.33. The highest BCUT2D eigenvalue weighted by molar-refractivity contribution is 9.10. The number of hydrogen-bond donors (Lipinski definition) is 2. The van der Waals surface area contributed by atoms with Gasteiger partial charge in [-0.25, -0.2) is 9.97 Å². The van der Waals surface area contributed by atoms with Crippen LogP contribution in [0.2, 0.25) is 0 Å². The molecule has 3 aromatic rings. The van der Waals surface area contributed by atoms with Crippen molar-refractivity contribution in [3.8, 4) is 0 Å². The second-order valence-electron chi connectivity index (χ2n) is 9.11. The number of nitrogens with zero attached hydrogens (tertiary/aromatic N) is 4. The first-order valence-corrected chi connectivity index (χ1v) is 12.7. The van der Waals surface area contributed by atoms with Gasteiger partial charge >= 0.3 is 0 Å². The summed E-state index contributed by atoms with van der Waals surface area (Å²) in [6.45, 7) is 10.0. The van der Waals surface area contributed by atoms with Crippen molar-refractivity contribution in [3.05, 3.63) is 52.8 Å². The van der Waals surface area contributed by atoms with Gasteiger partial charge < -0.3 is 20.7 Å². The Bertz CT molecular complexity index is 1050. The molecule has 0 spiro atoms. The van der Waals surface area contributed by atoms with Gasteiger partial charge in [-0.15, -0.1) is 0 Å². The molecule has 1 saturated heterocycles. The number of para-hydroxylation sites is 2. The Morgan fingerprint density at radius 1 is 1.12 bits per heavy atom. The quantitative estimate of drug-likeness (QED) is 0.405. The Kier molecular flexibility index (Phi) is 8.01. The van der Waals surface area contributed by atoms with Gasteiger partial charge in [0.15, 0.2) is 6.23 Å². The molecule has 7 nitrogen and oxygen atoms in total. The van der Waals surface area contributed by atoms with Crippen LogP contribution in [0.25, 0.3) is 11.0 Å². The number of halogens is 1. The third kappa shape index (κ3) is 5.74. The van der Waals surface area contributed by atoms with E-state index in [1.165, 1.54) is 0 Å². The van der Waals surface area contributed by atoms with Gasteiger partial charge in [0.1, 0.15) is 4.60 Å². The molecule has 2 aromatic heterocycles. The lowest BCUT2D eigenvalue weighted by Gasteiger charge is -2.35. The number of likely N-dealkylation sites (tertiary alicyclic amines) is 1. The minimum absolute atomic E-state index is 0.225. The van der Waals surface area contributed by atoms with Crippen molar-refractivity contribution in [3.63, 3.8) is 0 Å². The van der Waals surface area contributed by atoms with Crippen LogP contribution in [0.3, 0.4) is 0 Å². The molecule has 8 heteroatoms. The summed E-state index contributed by atoms with van der Waals surface area (Å²) in [5.41, 5.74) is 9.12. The normalized spacial score (nSPS) is 17.5. The molecular formula is C25H35BrN6O. The van der Waals surface area contributed by atoms with Crippen molar-refractivity contribution in [1.82, 2.24) is 19.4 Å². The molecule has 33 heavy (non-hydrogen) atoms. The van der Waals surface area contributed by atoms with Gasteiger partial charge in [-0.1, -0.05) is 32.0 Å². The number of anilines is 1. The summed E-state index contributed by atoms with van der Waals surface area (Å²) in [4.78, 5) is 12.1. The lowest BCUT2D eigenvalue weighted by atomic mass is 10.0. The van der Waals surface area contributed by atoms with E-state index in [2.05, 4.69) is 50.6 Å². The SMILES string of the molecule is CCOC(c1cccc(Br)n1)n1c(NC2CCN(CC(N)C(C)C)CC2)nc2ccccc21. The molecule has 1 aliphatic rings. The van der Waals surface area contributed by atoms with E-state index in [0.29, 0.717) is 18.6 Å². The van der Waals surface area contributed by atoms with Crippen LogP contribution in [0.4, 0.5) is 5.95 Å². The number of pyridine rings is 1. The fourth-order valence-corrected chi connectivity index (χ4v) is 4.70. The van der Waals surface area contributed by atoms with Gasteiger partial charge in [-0.05, 0) is 65.9 Å². The van der Waals surface area contributed by atoms with Crippen molar-refractivity contribution in [2.24, 2.45) is 11.7 Å². The average molecular weight is 516 g/mol. The summed E-state index contributed by atoms with van der Waals surface area (Å²) in [7, 11) is 0. The summed E-state index contributed by atoms with van der Waals surface area (Å²) in [5, 5.41) is 3.73. The predicted octanol–water partition coefficient (Wildman–Crippen LogP) is 4.64. The molecule has 0 bridgehead atoms. The maximum Gasteiger partial charge on any atom is 0.206 e. The lowest BCUT2D eigenvalue weighted by molar-refractivity contribution is 0.0419. The van der Waals surface area contributed by atoms with Crippen LogP contribution in [0, 0.1) is 5.92 Å². The second kappa shape index (κ2) is 11.0. The van der Waals surface area contributed by atoms with E-state index in [-0.39, 0.29) is 12.3 Å². The molecule has 3 N–H and O–H groups in total. The molecule has 0 amide bonds. The number of imidazole rings is 1. The van der Waals surface area contributed by atoms with Gasteiger partial charge in [0.2, 0.25) is 5.95 Å². The van der Waals surface area contributed by atoms with Crippen LogP contribution < -0.4 is 11.1 Å². The van der Waals surface area contributed by atoms with E-state index >= 15 is 0 Å². The van der Waals surface area contributed by atoms with E-state index in [9.17, 15) is 0 Å². The number of ether oxygens (including phenoxy) is 1. The number of hydrogen-bond acceptors (Lipinski definition) is 6. The number of nitrogens with two attached hydrogens (primary N) is 1. The Hall–Kier alpha value is -2.00. The van der Waals surface area contributed by atoms with Gasteiger partial charge in [0.25, 0.3) is 0 Å². The molecule has 4 rings (SSSR count). The monoisotopic (exact) mass is 514 g/mol. The van der Waals surface area contributed by atoms with E-state index in [1.54, 1.807) is 0 Å². The molecule has 2 atom stereocenters. The molecule has 0 saturated carbocycles. The van der Waals surface area contributed by atoms with Crippen LogP contribution >= 0.6 is 15.9 Å². The maximum atomic E-state index is 6.30. The predicted molar refractivity (Wildman–Crippen MR) is 137 cm³/mol. The van der Waals surface area contributed by atoms with Gasteiger partial charge in [0.05, 0.1) is 16.7 Å². The Balaban J connectivity index is 1.58. The Morgan fingerprint density at radius 2 is 1.88 bits per heavy atom. The minimum atomic E-state index is -0.369. The zero-order chi connectivity index (χ0) is 23.4. The first kappa shape index (κ1) is 24.1. The van der Waals surface area contributed by atoms with Crippen molar-refractivity contribution >= 4 is 32.9 Å². The molecule has 178 valence electrons. The number of piperidine rings is 1. The molecule has 1 aromatic carbocycles. The number of benzene rings is 1. The van der Waals surface area contributed by atoms with Gasteiger partial charge in [-0.3, -0.25) is 4.57 Å². The topological polar surface area (TPSA) is 81.2 Å². The fourth-order valence-electron chi connectivity index (χ4n) is 4.35. The molecule has 1 aliphatic heterocycles. The second-order valence-corrected chi connectivity index (χ2v) is 9.93. The first-order chi connectivity index (χ1) is 16.0. The highest BCUT2D eigenvalue weighted by Gasteiger charge is 2.26. The number of fused-ring (bicyclic) bond motifs is 1. The Morgan fingerprint density at radius 3 is 2.58 bits per heavy atom. The van der Waals surface area contributed by atoms with Crippen LogP contribution in [0.1, 0.15) is 45.5 Å². The number of rotatable bonds is 9. The summed E-state index contributed by atoms with van der Waals surface area (Å²) >= 11 is 3.50. The van der Waals surface area contributed by atoms with E-state index in [0.717, 1.165) is 59.8 Å². The van der Waals surface area contributed by atoms with Crippen LogP contribution in [-0.2, 0) is 4.74 Å². The largest absolute Gasteiger partial charge is 0.353 e. The van der Waals surface area contributed by atoms with Gasteiger partial charge in [0, 0.05) is 38.3 Å². The highest BCUT2D eigenvalue weighted by atomic mass is 79.9. The molecule has 0 radical (unpaired) electrons. The third-order valence-corrected chi connectivity index (χ3v) is 6.83. The number of aromatic nitrogens is 3. The van der Waals surface area contributed by atoms with Crippen molar-refractivity contribution in [2.75, 3.05) is 31.6 Å². The standard InChI is InChI=1S/C25H35BrN6O/c1-4-33-24(21-9-7-11-23(26)29-21)32-22-10-6-5-8-20(22)30-25(32)28-18-12-14-31(15-13-18)16-19(27)17(2)3/h5-11,17-19,24H,4,12-16,27H2,1-3H3,(H,28,30). The summed E-state index contributed by atoms with van der Waals surface area (Å²) < 4.78 is 9.16. The van der Waals surface area contributed by atoms with Gasteiger partial charge in [-0.2, -0.15) is 0 Å². The van der Waals surface area contributed by atoms with E-state index in [1.807, 2.05) is 43.3 Å². The minimum Gasteiger partial charge on any atom is -0.353 e. The first-order valence-electron chi connectivity index (χ1n) is 11.9. The average Bonchev–Trinajstić information content (AvgIpc) is 3.16. The molecule has 3 heterocycles. The zero-order valence-electron chi connectivity index (χ0n) is 19.7. The van der Waals surface area contributed by atoms with E-state index < -0.39 is 0 Å². The maximum absolute atomic E-state index is 6.30. The number of nitrogens with one attached hydrogen (secondary N) is 1. The lowest BCUT2D eigenvalue weighted by Crippen LogP contribution is -2.46. The van der Waals surface area contributed by atoms with Crippen LogP contribution in [0.15, 0.2) is 47.1 Å². The highest BCUT2D eigenvalue weighted by Crippen LogP contribution is 2.31. The molecular weight excluding hydrogens is 480 g/mol. The Labute approximate surface area is 204 Å². The molecule has 2 unspecified atom stereocenters. The van der Waals surface area contributed by atoms with Crippen molar-refractivity contribution < 1.29 is 4.74 Å². The third-order valence-electron chi connectivity index (χ3n) is 6.39. The van der Waals surface area contributed by atoms with Crippen molar-refractivity contribution in [2.45, 2.75) is 51.9 Å². The van der Waals surface area contributed by atoms with Crippen molar-refractivity contribution in [1.29, 1.82) is 0 Å². The fraction of sp³-hybridized carbons (Fsp3) is 0.520.